The number of allylic oxidation sites excluding steroid dienone is 1. The second-order valence-electron chi connectivity index (χ2n) is 8.34. The number of ketones is 1. The molecule has 2 aliphatic rings. The fourth-order valence-electron chi connectivity index (χ4n) is 4.13. The summed E-state index contributed by atoms with van der Waals surface area (Å²) in [6, 6.07) is 5.58. The Labute approximate surface area is 202 Å². The highest BCUT2D eigenvalue weighted by Crippen LogP contribution is 2.31. The third-order valence-corrected chi connectivity index (χ3v) is 5.86. The van der Waals surface area contributed by atoms with Crippen LogP contribution in [0.15, 0.2) is 30.0 Å². The van der Waals surface area contributed by atoms with E-state index in [-0.39, 0.29) is 11.6 Å². The molecule has 1 aliphatic heterocycles. The van der Waals surface area contributed by atoms with Crippen molar-refractivity contribution < 1.29 is 32.0 Å². The molecule has 0 atom stereocenters. The van der Waals surface area contributed by atoms with Crippen molar-refractivity contribution in [2.24, 2.45) is 7.05 Å². The lowest BCUT2D eigenvalue weighted by Gasteiger charge is -2.19. The maximum absolute atomic E-state index is 12.7. The average molecular weight is 509 g/mol. The number of nitrogens with zero attached hydrogens (tertiary/aromatic N) is 4. The number of likely N-dealkylation sites (tertiary alicyclic amines) is 1. The molecule has 1 fully saturated rings. The van der Waals surface area contributed by atoms with Gasteiger partial charge in [0.2, 0.25) is 5.82 Å². The molecule has 0 radical (unpaired) electrons. The molecule has 1 aromatic carbocycles. The number of rotatable bonds is 6. The van der Waals surface area contributed by atoms with E-state index in [4.69, 9.17) is 22.3 Å². The zero-order valence-electron chi connectivity index (χ0n) is 19.3. The summed E-state index contributed by atoms with van der Waals surface area (Å²) in [7, 11) is -3.10. The van der Waals surface area contributed by atoms with E-state index < -0.39 is 15.3 Å². The van der Waals surface area contributed by atoms with Crippen molar-refractivity contribution in [1.29, 1.82) is 0 Å². The van der Waals surface area contributed by atoms with E-state index in [9.17, 15) is 14.9 Å². The van der Waals surface area contributed by atoms with Crippen LogP contribution in [-0.2, 0) is 23.9 Å². The highest BCUT2D eigenvalue weighted by atomic mass is 32.3. The lowest BCUT2D eigenvalue weighted by atomic mass is 10.1. The van der Waals surface area contributed by atoms with Crippen molar-refractivity contribution in [2.45, 2.75) is 32.1 Å². The van der Waals surface area contributed by atoms with Gasteiger partial charge >= 0.3 is 16.2 Å². The Hall–Kier alpha value is -3.13. The van der Waals surface area contributed by atoms with Gasteiger partial charge in [-0.3, -0.25) is 18.8 Å². The number of carbonyl (C=O) groups excluding carboxylic acids is 1. The molecule has 13 heteroatoms. The Kier molecular flexibility index (Phi) is 8.72. The summed E-state index contributed by atoms with van der Waals surface area (Å²) in [5.41, 5.74) is 2.15. The van der Waals surface area contributed by atoms with E-state index in [1.807, 2.05) is 12.1 Å². The fourth-order valence-corrected chi connectivity index (χ4v) is 4.13. The van der Waals surface area contributed by atoms with Crippen molar-refractivity contribution >= 4 is 28.1 Å². The molecule has 190 valence electrons. The number of hydrogen-bond donors (Lipinski definition) is 2. The molecule has 1 saturated heterocycles. The van der Waals surface area contributed by atoms with E-state index in [1.165, 1.54) is 36.4 Å². The highest BCUT2D eigenvalue weighted by molar-refractivity contribution is 7.79. The van der Waals surface area contributed by atoms with E-state index in [0.717, 1.165) is 30.9 Å². The van der Waals surface area contributed by atoms with Gasteiger partial charge in [0, 0.05) is 30.2 Å². The minimum Gasteiger partial charge on any atom is -0.492 e. The summed E-state index contributed by atoms with van der Waals surface area (Å²) < 4.78 is 38.9. The topological polar surface area (TPSA) is 165 Å². The number of aromatic nitrogens is 2. The van der Waals surface area contributed by atoms with Gasteiger partial charge in [-0.1, -0.05) is 12.8 Å². The summed E-state index contributed by atoms with van der Waals surface area (Å²) in [6.45, 7) is 3.83. The Balaban J connectivity index is 0.000000623. The second kappa shape index (κ2) is 11.5. The normalized spacial score (nSPS) is 17.5. The standard InChI is InChI=1S/C22H26N4O4.H2O4S/c1-24-20(23-15-21(24)26(28)29)14-17-12-16-13-18(6-7-19(16)22(17)27)30-11-10-25-8-4-2-3-5-9-25;1-5(2,3)4/h6-7,13-15H,2-5,8-12H2,1H3;(H2,1,2,3,4). The Bertz CT molecular complexity index is 1210. The number of fused-ring (bicyclic) bond motifs is 1. The molecule has 12 nitrogen and oxygen atoms in total. The number of ether oxygens (including phenoxy) is 1. The van der Waals surface area contributed by atoms with E-state index >= 15 is 0 Å². The molecule has 0 bridgehead atoms. The van der Waals surface area contributed by atoms with E-state index in [1.54, 1.807) is 19.2 Å². The molecule has 0 spiro atoms. The first-order valence-corrected chi connectivity index (χ1v) is 12.5. The van der Waals surface area contributed by atoms with Gasteiger partial charge in [0.1, 0.15) is 18.6 Å². The van der Waals surface area contributed by atoms with Gasteiger partial charge < -0.3 is 14.9 Å². The van der Waals surface area contributed by atoms with Crippen LogP contribution in [0.3, 0.4) is 0 Å². The molecule has 0 unspecified atom stereocenters. The van der Waals surface area contributed by atoms with Crippen molar-refractivity contribution in [2.75, 3.05) is 26.2 Å². The molecule has 2 heterocycles. The second-order valence-corrected chi connectivity index (χ2v) is 9.23. The van der Waals surface area contributed by atoms with Crippen molar-refractivity contribution in [3.63, 3.8) is 0 Å². The highest BCUT2D eigenvalue weighted by Gasteiger charge is 2.27. The Morgan fingerprint density at radius 2 is 1.86 bits per heavy atom. The van der Waals surface area contributed by atoms with Crippen LogP contribution in [0.2, 0.25) is 0 Å². The molecular weight excluding hydrogens is 480 g/mol. The summed E-state index contributed by atoms with van der Waals surface area (Å²) in [5.74, 6) is 0.994. The Morgan fingerprint density at radius 1 is 1.20 bits per heavy atom. The van der Waals surface area contributed by atoms with Crippen molar-refractivity contribution in [3.05, 3.63) is 57.0 Å². The van der Waals surface area contributed by atoms with Gasteiger partial charge in [0.05, 0.1) is 7.05 Å². The van der Waals surface area contributed by atoms with Crippen molar-refractivity contribution in [3.8, 4) is 5.75 Å². The minimum atomic E-state index is -4.67. The largest absolute Gasteiger partial charge is 0.492 e. The van der Waals surface area contributed by atoms with Crippen LogP contribution in [0.5, 0.6) is 5.75 Å². The van der Waals surface area contributed by atoms with Gasteiger partial charge in [-0.15, -0.1) is 0 Å². The number of Topliss-reactive ketones (excluding diaryl/α,β-unsaturated/α-hetero) is 1. The molecule has 1 aromatic heterocycles. The first kappa shape index (κ1) is 26.5. The van der Waals surface area contributed by atoms with Crippen LogP contribution in [-0.4, -0.2) is 68.9 Å². The number of imidazole rings is 1. The number of nitro groups is 1. The zero-order chi connectivity index (χ0) is 25.6. The molecule has 0 amide bonds. The van der Waals surface area contributed by atoms with E-state index in [2.05, 4.69) is 9.88 Å². The smallest absolute Gasteiger partial charge is 0.394 e. The number of hydrogen-bond acceptors (Lipinski definition) is 8. The van der Waals surface area contributed by atoms with Crippen LogP contribution in [0.1, 0.15) is 47.4 Å². The lowest BCUT2D eigenvalue weighted by Crippen LogP contribution is -2.29. The first-order chi connectivity index (χ1) is 16.5. The summed E-state index contributed by atoms with van der Waals surface area (Å²) in [6.07, 6.45) is 8.46. The van der Waals surface area contributed by atoms with Gasteiger partial charge in [-0.25, -0.2) is 9.55 Å². The summed E-state index contributed by atoms with van der Waals surface area (Å²) >= 11 is 0. The van der Waals surface area contributed by atoms with Gasteiger partial charge in [-0.2, -0.15) is 8.42 Å². The molecule has 0 saturated carbocycles. The first-order valence-electron chi connectivity index (χ1n) is 11.1. The quantitative estimate of drug-likeness (QED) is 0.256. The molecular formula is C22H28N4O8S. The van der Waals surface area contributed by atoms with Gasteiger partial charge in [0.25, 0.3) is 0 Å². The van der Waals surface area contributed by atoms with Crippen molar-refractivity contribution in [1.82, 2.24) is 14.5 Å². The van der Waals surface area contributed by atoms with Gasteiger partial charge in [-0.05, 0) is 54.6 Å². The van der Waals surface area contributed by atoms with Crippen LogP contribution in [0.4, 0.5) is 5.82 Å². The monoisotopic (exact) mass is 508 g/mol. The molecule has 35 heavy (non-hydrogen) atoms. The molecule has 2 aromatic rings. The lowest BCUT2D eigenvalue weighted by molar-refractivity contribution is -0.391. The SMILES string of the molecule is Cn1c([N+](=O)[O-])cnc1C=C1Cc2cc(OCCN3CCCCCC3)ccc2C1=O.O=S(=O)(O)O. The minimum absolute atomic E-state index is 0.0632. The predicted molar refractivity (Wildman–Crippen MR) is 127 cm³/mol. The zero-order valence-corrected chi connectivity index (χ0v) is 20.1. The molecule has 1 aliphatic carbocycles. The molecule has 4 rings (SSSR count). The van der Waals surface area contributed by atoms with Crippen LogP contribution in [0, 0.1) is 10.1 Å². The Morgan fingerprint density at radius 3 is 2.46 bits per heavy atom. The maximum atomic E-state index is 12.7. The summed E-state index contributed by atoms with van der Waals surface area (Å²) in [5, 5.41) is 11.0. The predicted octanol–water partition coefficient (Wildman–Crippen LogP) is 2.75. The maximum Gasteiger partial charge on any atom is 0.394 e. The van der Waals surface area contributed by atoms with Crippen LogP contribution in [0.25, 0.3) is 6.08 Å². The van der Waals surface area contributed by atoms with Crippen LogP contribution >= 0.6 is 0 Å². The van der Waals surface area contributed by atoms with Crippen LogP contribution < -0.4 is 4.74 Å². The number of carbonyl (C=O) groups is 1. The summed E-state index contributed by atoms with van der Waals surface area (Å²) in [4.78, 5) is 29.8. The fraction of sp³-hybridized carbons (Fsp3) is 0.455. The number of benzene rings is 1. The third kappa shape index (κ3) is 7.68. The molecule has 2 N–H and O–H groups in total. The third-order valence-electron chi connectivity index (χ3n) is 5.86. The van der Waals surface area contributed by atoms with E-state index in [0.29, 0.717) is 30.0 Å². The average Bonchev–Trinajstić information content (AvgIpc) is 3.15. The van der Waals surface area contributed by atoms with Gasteiger partial charge in [0.15, 0.2) is 5.78 Å².